The number of ether oxygens (including phenoxy) is 1. The van der Waals surface area contributed by atoms with Crippen LogP contribution in [0.3, 0.4) is 0 Å². The maximum atomic E-state index is 5.92. The Morgan fingerprint density at radius 1 is 1.17 bits per heavy atom. The lowest BCUT2D eigenvalue weighted by Crippen LogP contribution is -2.30. The van der Waals surface area contributed by atoms with Crippen LogP contribution in [0, 0.1) is 0 Å². The van der Waals surface area contributed by atoms with Crippen molar-refractivity contribution in [2.24, 2.45) is 0 Å². The van der Waals surface area contributed by atoms with Crippen molar-refractivity contribution in [3.05, 3.63) is 60.6 Å². The molecule has 0 bridgehead atoms. The summed E-state index contributed by atoms with van der Waals surface area (Å²) in [6.07, 6.45) is 7.43. The Labute approximate surface area is 140 Å². The molecule has 0 aliphatic carbocycles. The standard InChI is InChI=1S/C19H20N4O/c20-15-3-4-17-13(10-15)5-8-22-19(17)23-16-6-9-24-18(11-16)14-2-1-7-21-12-14/h1-5,7-8,10,12,16,18H,6,9,11,20H2,(H,22,23)/t16-,18-/m1/s1. The average Bonchev–Trinajstić information content (AvgIpc) is 2.63. The van der Waals surface area contributed by atoms with Gasteiger partial charge in [0.25, 0.3) is 0 Å². The highest BCUT2D eigenvalue weighted by Crippen LogP contribution is 2.30. The predicted molar refractivity (Wildman–Crippen MR) is 95.7 cm³/mol. The number of nitrogens with zero attached hydrogens (tertiary/aromatic N) is 2. The topological polar surface area (TPSA) is 73.1 Å². The van der Waals surface area contributed by atoms with Crippen molar-refractivity contribution in [2.75, 3.05) is 17.7 Å². The van der Waals surface area contributed by atoms with Gasteiger partial charge in [0.15, 0.2) is 0 Å². The fourth-order valence-corrected chi connectivity index (χ4v) is 3.23. The second-order valence-electron chi connectivity index (χ2n) is 6.15. The molecule has 0 spiro atoms. The fourth-order valence-electron chi connectivity index (χ4n) is 3.23. The van der Waals surface area contributed by atoms with Crippen molar-refractivity contribution in [3.63, 3.8) is 0 Å². The number of nitrogens with one attached hydrogen (secondary N) is 1. The van der Waals surface area contributed by atoms with Gasteiger partial charge in [-0.15, -0.1) is 0 Å². The summed E-state index contributed by atoms with van der Waals surface area (Å²) < 4.78 is 5.92. The van der Waals surface area contributed by atoms with E-state index in [0.717, 1.165) is 47.3 Å². The number of hydrogen-bond donors (Lipinski definition) is 2. The fraction of sp³-hybridized carbons (Fsp3) is 0.263. The molecule has 1 aliphatic rings. The van der Waals surface area contributed by atoms with E-state index in [9.17, 15) is 0 Å². The van der Waals surface area contributed by atoms with E-state index in [0.29, 0.717) is 6.04 Å². The minimum atomic E-state index is 0.0792. The summed E-state index contributed by atoms with van der Waals surface area (Å²) in [6.45, 7) is 0.731. The highest BCUT2D eigenvalue weighted by molar-refractivity contribution is 5.93. The summed E-state index contributed by atoms with van der Waals surface area (Å²) in [4.78, 5) is 8.72. The molecule has 2 atom stereocenters. The van der Waals surface area contributed by atoms with Crippen LogP contribution >= 0.6 is 0 Å². The quantitative estimate of drug-likeness (QED) is 0.722. The maximum absolute atomic E-state index is 5.92. The molecule has 122 valence electrons. The van der Waals surface area contributed by atoms with Gasteiger partial charge in [0.2, 0.25) is 0 Å². The van der Waals surface area contributed by atoms with Crippen LogP contribution < -0.4 is 11.1 Å². The zero-order chi connectivity index (χ0) is 16.4. The first-order valence-corrected chi connectivity index (χ1v) is 8.22. The van der Waals surface area contributed by atoms with Gasteiger partial charge in [-0.3, -0.25) is 4.98 Å². The maximum Gasteiger partial charge on any atom is 0.134 e. The summed E-state index contributed by atoms with van der Waals surface area (Å²) in [7, 11) is 0. The lowest BCUT2D eigenvalue weighted by atomic mass is 9.98. The van der Waals surface area contributed by atoms with Gasteiger partial charge < -0.3 is 15.8 Å². The lowest BCUT2D eigenvalue weighted by molar-refractivity contribution is 0.00957. The zero-order valence-corrected chi connectivity index (χ0v) is 13.4. The number of rotatable bonds is 3. The second-order valence-corrected chi connectivity index (χ2v) is 6.15. The van der Waals surface area contributed by atoms with Crippen LogP contribution in [-0.4, -0.2) is 22.6 Å². The summed E-state index contributed by atoms with van der Waals surface area (Å²) in [5.41, 5.74) is 7.77. The molecule has 2 aromatic heterocycles. The third-order valence-corrected chi connectivity index (χ3v) is 4.47. The SMILES string of the molecule is Nc1ccc2c(N[C@@H]3CCO[C@@H](c4cccnc4)C3)nccc2c1. The van der Waals surface area contributed by atoms with Crippen LogP contribution in [0.2, 0.25) is 0 Å². The molecule has 0 radical (unpaired) electrons. The number of nitrogens with two attached hydrogens (primary N) is 1. The Hall–Kier alpha value is -2.66. The predicted octanol–water partition coefficient (Wildman–Crippen LogP) is 3.54. The van der Waals surface area contributed by atoms with Crippen molar-refractivity contribution >= 4 is 22.3 Å². The number of aromatic nitrogens is 2. The van der Waals surface area contributed by atoms with Gasteiger partial charge in [-0.05, 0) is 54.1 Å². The van der Waals surface area contributed by atoms with E-state index >= 15 is 0 Å². The van der Waals surface area contributed by atoms with Crippen molar-refractivity contribution in [2.45, 2.75) is 25.0 Å². The van der Waals surface area contributed by atoms with E-state index in [4.69, 9.17) is 10.5 Å². The molecule has 3 aromatic rings. The monoisotopic (exact) mass is 320 g/mol. The number of benzene rings is 1. The normalized spacial score (nSPS) is 20.8. The number of anilines is 2. The number of nitrogen functional groups attached to an aromatic ring is 1. The second kappa shape index (κ2) is 6.45. The van der Waals surface area contributed by atoms with Crippen molar-refractivity contribution in [3.8, 4) is 0 Å². The molecule has 5 heteroatoms. The molecule has 1 fully saturated rings. The van der Waals surface area contributed by atoms with Crippen LogP contribution in [-0.2, 0) is 4.74 Å². The number of fused-ring (bicyclic) bond motifs is 1. The van der Waals surface area contributed by atoms with Gasteiger partial charge in [-0.2, -0.15) is 0 Å². The molecule has 4 rings (SSSR count). The van der Waals surface area contributed by atoms with E-state index in [1.165, 1.54) is 0 Å². The minimum absolute atomic E-state index is 0.0792. The van der Waals surface area contributed by atoms with Gasteiger partial charge in [-0.1, -0.05) is 6.07 Å². The van der Waals surface area contributed by atoms with Crippen LogP contribution in [0.4, 0.5) is 11.5 Å². The summed E-state index contributed by atoms with van der Waals surface area (Å²) in [5, 5.41) is 5.78. The van der Waals surface area contributed by atoms with Gasteiger partial charge >= 0.3 is 0 Å². The van der Waals surface area contributed by atoms with Crippen molar-refractivity contribution in [1.29, 1.82) is 0 Å². The first-order valence-electron chi connectivity index (χ1n) is 8.22. The van der Waals surface area contributed by atoms with E-state index in [-0.39, 0.29) is 6.10 Å². The van der Waals surface area contributed by atoms with Gasteiger partial charge in [0, 0.05) is 42.3 Å². The Balaban J connectivity index is 1.55. The molecule has 3 heterocycles. The molecular formula is C19H20N4O. The highest BCUT2D eigenvalue weighted by Gasteiger charge is 2.24. The Bertz CT molecular complexity index is 837. The zero-order valence-electron chi connectivity index (χ0n) is 13.4. The Kier molecular flexibility index (Phi) is 4.01. The third kappa shape index (κ3) is 3.03. The van der Waals surface area contributed by atoms with E-state index < -0.39 is 0 Å². The molecular weight excluding hydrogens is 300 g/mol. The summed E-state index contributed by atoms with van der Waals surface area (Å²) in [6, 6.07) is 12.2. The largest absolute Gasteiger partial charge is 0.399 e. The smallest absolute Gasteiger partial charge is 0.134 e. The van der Waals surface area contributed by atoms with Crippen molar-refractivity contribution in [1.82, 2.24) is 9.97 Å². The molecule has 1 aliphatic heterocycles. The van der Waals surface area contributed by atoms with E-state index in [1.807, 2.05) is 42.7 Å². The molecule has 1 saturated heterocycles. The molecule has 0 saturated carbocycles. The lowest BCUT2D eigenvalue weighted by Gasteiger charge is -2.30. The van der Waals surface area contributed by atoms with Gasteiger partial charge in [0.05, 0.1) is 6.10 Å². The van der Waals surface area contributed by atoms with Gasteiger partial charge in [0.1, 0.15) is 5.82 Å². The van der Waals surface area contributed by atoms with Crippen molar-refractivity contribution < 1.29 is 4.74 Å². The molecule has 1 aromatic carbocycles. The molecule has 24 heavy (non-hydrogen) atoms. The molecule has 5 nitrogen and oxygen atoms in total. The van der Waals surface area contributed by atoms with E-state index in [2.05, 4.69) is 21.4 Å². The molecule has 0 amide bonds. The first kappa shape index (κ1) is 14.9. The highest BCUT2D eigenvalue weighted by atomic mass is 16.5. The summed E-state index contributed by atoms with van der Waals surface area (Å²) in [5.74, 6) is 0.907. The first-order chi connectivity index (χ1) is 11.8. The Morgan fingerprint density at radius 2 is 2.12 bits per heavy atom. The third-order valence-electron chi connectivity index (χ3n) is 4.47. The van der Waals surface area contributed by atoms with Crippen LogP contribution in [0.5, 0.6) is 0 Å². The Morgan fingerprint density at radius 3 is 3.00 bits per heavy atom. The van der Waals surface area contributed by atoms with Crippen LogP contribution in [0.15, 0.2) is 55.0 Å². The number of pyridine rings is 2. The minimum Gasteiger partial charge on any atom is -0.399 e. The van der Waals surface area contributed by atoms with Crippen LogP contribution in [0.25, 0.3) is 10.8 Å². The molecule has 3 N–H and O–H groups in total. The number of hydrogen-bond acceptors (Lipinski definition) is 5. The van der Waals surface area contributed by atoms with E-state index in [1.54, 1.807) is 6.20 Å². The molecule has 0 unspecified atom stereocenters. The van der Waals surface area contributed by atoms with Crippen LogP contribution in [0.1, 0.15) is 24.5 Å². The average molecular weight is 320 g/mol. The summed E-state index contributed by atoms with van der Waals surface area (Å²) >= 11 is 0. The van der Waals surface area contributed by atoms with Gasteiger partial charge in [-0.25, -0.2) is 4.98 Å².